The third-order valence-electron chi connectivity index (χ3n) is 13.6. The number of rotatable bonds is 55. The van der Waals surface area contributed by atoms with Gasteiger partial charge in [-0.1, -0.05) is 201 Å². The lowest BCUT2D eigenvalue weighted by atomic mass is 9.95. The van der Waals surface area contributed by atoms with Gasteiger partial charge in [0.05, 0.1) is 26.4 Å². The van der Waals surface area contributed by atoms with Gasteiger partial charge in [-0.15, -0.1) is 0 Å². The summed E-state index contributed by atoms with van der Waals surface area (Å²) in [6.07, 6.45) is 45.1. The van der Waals surface area contributed by atoms with Crippen molar-refractivity contribution in [2.45, 2.75) is 285 Å². The topological polar surface area (TPSA) is 106 Å². The number of hydrogen-bond acceptors (Lipinski definition) is 9. The molecule has 398 valence electrons. The fraction of sp³-hybridized carbons (Fsp3) is 0.948. The first kappa shape index (κ1) is 65.3. The summed E-state index contributed by atoms with van der Waals surface area (Å²) in [5.74, 6) is 0.326. The first-order valence-electron chi connectivity index (χ1n) is 29.4. The molecular formula is C58H114N2O7. The van der Waals surface area contributed by atoms with Crippen LogP contribution in [0.5, 0.6) is 0 Å². The molecule has 0 rings (SSSR count). The van der Waals surface area contributed by atoms with Gasteiger partial charge in [0, 0.05) is 38.9 Å². The second-order valence-corrected chi connectivity index (χ2v) is 20.2. The van der Waals surface area contributed by atoms with Crippen molar-refractivity contribution in [3.8, 4) is 0 Å². The van der Waals surface area contributed by atoms with Crippen LogP contribution in [-0.2, 0) is 28.6 Å². The van der Waals surface area contributed by atoms with Crippen LogP contribution in [0.4, 0.5) is 0 Å². The maximum Gasteiger partial charge on any atom is 0.305 e. The minimum atomic E-state index is -0.0704. The van der Waals surface area contributed by atoms with Crippen molar-refractivity contribution in [3.05, 3.63) is 0 Å². The SMILES string of the molecule is CCCCCCCCCCOC(=O)CCCCCN(CCO)CCN(CCCCCC(=O)OCCCCCCCCCC)CCCCCC(=O)OCC(CCCCCC)CCCCCCCC. The molecule has 9 nitrogen and oxygen atoms in total. The number of carbonyl (C=O) groups excluding carboxylic acids is 3. The van der Waals surface area contributed by atoms with E-state index in [0.29, 0.717) is 51.5 Å². The predicted octanol–water partition coefficient (Wildman–Crippen LogP) is 15.5. The molecule has 0 radical (unpaired) electrons. The number of aliphatic hydroxyl groups is 1. The Hall–Kier alpha value is -1.71. The monoisotopic (exact) mass is 951 g/mol. The summed E-state index contributed by atoms with van der Waals surface area (Å²) < 4.78 is 16.9. The van der Waals surface area contributed by atoms with Crippen molar-refractivity contribution in [2.24, 2.45) is 5.92 Å². The third kappa shape index (κ3) is 49.1. The smallest absolute Gasteiger partial charge is 0.305 e. The Labute approximate surface area is 416 Å². The van der Waals surface area contributed by atoms with Crippen LogP contribution in [0, 0.1) is 5.92 Å². The fourth-order valence-corrected chi connectivity index (χ4v) is 9.09. The van der Waals surface area contributed by atoms with E-state index >= 15 is 0 Å². The van der Waals surface area contributed by atoms with E-state index in [4.69, 9.17) is 14.2 Å². The summed E-state index contributed by atoms with van der Waals surface area (Å²) >= 11 is 0. The Morgan fingerprint density at radius 1 is 0.343 bits per heavy atom. The van der Waals surface area contributed by atoms with Crippen molar-refractivity contribution in [1.82, 2.24) is 9.80 Å². The van der Waals surface area contributed by atoms with Crippen LogP contribution in [0.3, 0.4) is 0 Å². The van der Waals surface area contributed by atoms with E-state index in [-0.39, 0.29) is 24.5 Å². The molecule has 0 aromatic heterocycles. The predicted molar refractivity (Wildman–Crippen MR) is 284 cm³/mol. The van der Waals surface area contributed by atoms with Crippen LogP contribution in [0.15, 0.2) is 0 Å². The van der Waals surface area contributed by atoms with Gasteiger partial charge < -0.3 is 24.2 Å². The Bertz CT molecular complexity index is 1040. The highest BCUT2D eigenvalue weighted by Gasteiger charge is 2.14. The normalized spacial score (nSPS) is 12.0. The number of ether oxygens (including phenoxy) is 3. The Morgan fingerprint density at radius 2 is 0.642 bits per heavy atom. The van der Waals surface area contributed by atoms with E-state index in [2.05, 4.69) is 37.5 Å². The zero-order valence-electron chi connectivity index (χ0n) is 45.2. The first-order valence-corrected chi connectivity index (χ1v) is 29.4. The molecule has 0 aliphatic carbocycles. The second-order valence-electron chi connectivity index (χ2n) is 20.2. The summed E-state index contributed by atoms with van der Waals surface area (Å²) in [5.41, 5.74) is 0. The lowest BCUT2D eigenvalue weighted by Gasteiger charge is -2.27. The van der Waals surface area contributed by atoms with Crippen LogP contribution in [-0.4, -0.2) is 98.5 Å². The second kappa shape index (κ2) is 53.6. The third-order valence-corrected chi connectivity index (χ3v) is 13.6. The van der Waals surface area contributed by atoms with Crippen LogP contribution < -0.4 is 0 Å². The maximum absolute atomic E-state index is 12.9. The largest absolute Gasteiger partial charge is 0.466 e. The van der Waals surface area contributed by atoms with Gasteiger partial charge in [0.2, 0.25) is 0 Å². The van der Waals surface area contributed by atoms with Crippen LogP contribution in [0.2, 0.25) is 0 Å². The number of carbonyl (C=O) groups is 3. The van der Waals surface area contributed by atoms with Gasteiger partial charge in [-0.05, 0) is 89.8 Å². The van der Waals surface area contributed by atoms with Crippen molar-refractivity contribution in [3.63, 3.8) is 0 Å². The van der Waals surface area contributed by atoms with Gasteiger partial charge in [0.15, 0.2) is 0 Å². The highest BCUT2D eigenvalue weighted by atomic mass is 16.5. The highest BCUT2D eigenvalue weighted by Crippen LogP contribution is 2.20. The molecule has 0 aromatic rings. The molecule has 1 N–H and O–H groups in total. The Kier molecular flexibility index (Phi) is 52.3. The van der Waals surface area contributed by atoms with E-state index in [0.717, 1.165) is 116 Å². The summed E-state index contributed by atoms with van der Waals surface area (Å²) in [6.45, 7) is 16.1. The highest BCUT2D eigenvalue weighted by molar-refractivity contribution is 5.69. The van der Waals surface area contributed by atoms with Crippen LogP contribution in [0.25, 0.3) is 0 Å². The molecule has 9 heteroatoms. The summed E-state index contributed by atoms with van der Waals surface area (Å²) in [7, 11) is 0. The zero-order chi connectivity index (χ0) is 48.9. The van der Waals surface area contributed by atoms with E-state index in [1.807, 2.05) is 0 Å². The molecule has 0 saturated carbocycles. The molecular weight excluding hydrogens is 837 g/mol. The zero-order valence-corrected chi connectivity index (χ0v) is 45.2. The maximum atomic E-state index is 12.9. The molecule has 67 heavy (non-hydrogen) atoms. The minimum Gasteiger partial charge on any atom is -0.466 e. The summed E-state index contributed by atoms with van der Waals surface area (Å²) in [4.78, 5) is 42.5. The number of aliphatic hydroxyl groups excluding tert-OH is 1. The number of esters is 3. The van der Waals surface area contributed by atoms with Crippen molar-refractivity contribution < 1.29 is 33.7 Å². The molecule has 1 unspecified atom stereocenters. The lowest BCUT2D eigenvalue weighted by Crippen LogP contribution is -2.38. The van der Waals surface area contributed by atoms with Gasteiger partial charge in [0.1, 0.15) is 0 Å². The summed E-state index contributed by atoms with van der Waals surface area (Å²) in [5, 5.41) is 9.89. The van der Waals surface area contributed by atoms with Crippen LogP contribution in [0.1, 0.15) is 285 Å². The van der Waals surface area contributed by atoms with Gasteiger partial charge in [-0.2, -0.15) is 0 Å². The molecule has 0 aromatic carbocycles. The molecule has 0 spiro atoms. The summed E-state index contributed by atoms with van der Waals surface area (Å²) in [6, 6.07) is 0. The average Bonchev–Trinajstić information content (AvgIpc) is 3.32. The Morgan fingerprint density at radius 3 is 1.01 bits per heavy atom. The van der Waals surface area contributed by atoms with Gasteiger partial charge in [0.25, 0.3) is 0 Å². The average molecular weight is 952 g/mol. The number of unbranched alkanes of at least 4 members (excludes halogenated alkanes) is 28. The van der Waals surface area contributed by atoms with Crippen molar-refractivity contribution in [2.75, 3.05) is 65.7 Å². The number of nitrogens with zero attached hydrogens (tertiary/aromatic N) is 2. The molecule has 0 amide bonds. The van der Waals surface area contributed by atoms with E-state index in [1.54, 1.807) is 0 Å². The molecule has 0 bridgehead atoms. The van der Waals surface area contributed by atoms with Gasteiger partial charge in [-0.25, -0.2) is 0 Å². The minimum absolute atomic E-state index is 0.0370. The quantitative estimate of drug-likeness (QED) is 0.0362. The van der Waals surface area contributed by atoms with Crippen molar-refractivity contribution >= 4 is 17.9 Å². The molecule has 0 aliphatic rings. The standard InChI is InChI=1S/C58H114N2O7/c1-5-9-13-17-20-22-25-38-52-65-56(62)42-32-27-35-45-59(46-36-29-34-44-58(64)67-54-55(40-30-16-12-8-4)41-31-24-19-15-11-7-3)48-49-60(50-51-61)47-37-28-33-43-57(63)66-53-39-26-23-21-18-14-10-6-2/h55,61H,5-54H2,1-4H3. The molecule has 0 aliphatic heterocycles. The van der Waals surface area contributed by atoms with Crippen LogP contribution >= 0.6 is 0 Å². The molecule has 0 fully saturated rings. The molecule has 0 saturated heterocycles. The molecule has 0 heterocycles. The first-order chi connectivity index (χ1) is 32.9. The van der Waals surface area contributed by atoms with Gasteiger partial charge >= 0.3 is 17.9 Å². The van der Waals surface area contributed by atoms with E-state index in [1.165, 1.54) is 154 Å². The molecule has 1 atom stereocenters. The Balaban J connectivity index is 4.80. The number of hydrogen-bond donors (Lipinski definition) is 1. The van der Waals surface area contributed by atoms with Crippen molar-refractivity contribution in [1.29, 1.82) is 0 Å². The lowest BCUT2D eigenvalue weighted by molar-refractivity contribution is -0.145. The van der Waals surface area contributed by atoms with Gasteiger partial charge in [-0.3, -0.25) is 19.3 Å². The fourth-order valence-electron chi connectivity index (χ4n) is 9.09. The van der Waals surface area contributed by atoms with E-state index < -0.39 is 0 Å². The van der Waals surface area contributed by atoms with E-state index in [9.17, 15) is 19.5 Å².